The second-order valence-corrected chi connectivity index (χ2v) is 8.33. The lowest BCUT2D eigenvalue weighted by Crippen LogP contribution is -2.49. The molecule has 2 aliphatic rings. The van der Waals surface area contributed by atoms with Gasteiger partial charge in [-0.1, -0.05) is 12.1 Å². The number of nitrogens with one attached hydrogen (secondary N) is 1. The van der Waals surface area contributed by atoms with Crippen LogP contribution < -0.4 is 4.72 Å². The van der Waals surface area contributed by atoms with Crippen molar-refractivity contribution in [3.05, 3.63) is 35.6 Å². The number of sulfonamides is 1. The minimum absolute atomic E-state index is 0.0851. The van der Waals surface area contributed by atoms with Crippen molar-refractivity contribution in [3.63, 3.8) is 0 Å². The summed E-state index contributed by atoms with van der Waals surface area (Å²) in [6.45, 7) is 1.10. The van der Waals surface area contributed by atoms with Crippen LogP contribution in [0, 0.1) is 5.82 Å². The number of nitrogens with zero attached hydrogens (tertiary/aromatic N) is 1. The summed E-state index contributed by atoms with van der Waals surface area (Å²) in [5.41, 5.74) is 0.380. The first-order valence-electron chi connectivity index (χ1n) is 7.83. The third-order valence-electron chi connectivity index (χ3n) is 4.72. The second-order valence-electron chi connectivity index (χ2n) is 6.55. The summed E-state index contributed by atoms with van der Waals surface area (Å²) >= 11 is 0. The van der Waals surface area contributed by atoms with Gasteiger partial charge in [0.25, 0.3) is 0 Å². The van der Waals surface area contributed by atoms with Gasteiger partial charge in [-0.2, -0.15) is 0 Å². The molecule has 1 aliphatic carbocycles. The Morgan fingerprint density at radius 1 is 1.22 bits per heavy atom. The smallest absolute Gasteiger partial charge is 0.233 e. The Morgan fingerprint density at radius 3 is 2.26 bits per heavy atom. The fourth-order valence-corrected chi connectivity index (χ4v) is 4.17. The molecule has 126 valence electrons. The van der Waals surface area contributed by atoms with E-state index in [0.29, 0.717) is 25.9 Å². The molecule has 1 N–H and O–H groups in total. The molecule has 1 aliphatic heterocycles. The molecule has 2 fully saturated rings. The molecule has 0 radical (unpaired) electrons. The minimum atomic E-state index is -3.21. The first-order chi connectivity index (χ1) is 10.8. The van der Waals surface area contributed by atoms with Crippen molar-refractivity contribution >= 4 is 15.9 Å². The first kappa shape index (κ1) is 16.4. The number of hydrogen-bond acceptors (Lipinski definition) is 3. The van der Waals surface area contributed by atoms with Gasteiger partial charge in [0.15, 0.2) is 0 Å². The van der Waals surface area contributed by atoms with Crippen LogP contribution in [0.4, 0.5) is 4.39 Å². The van der Waals surface area contributed by atoms with E-state index in [9.17, 15) is 17.6 Å². The lowest BCUT2D eigenvalue weighted by atomic mass is 9.93. The maximum atomic E-state index is 13.1. The largest absolute Gasteiger partial charge is 0.342 e. The van der Waals surface area contributed by atoms with Crippen molar-refractivity contribution < 1.29 is 17.6 Å². The van der Waals surface area contributed by atoms with Crippen LogP contribution in [0.25, 0.3) is 0 Å². The Balaban J connectivity index is 1.65. The maximum Gasteiger partial charge on any atom is 0.233 e. The predicted molar refractivity (Wildman–Crippen MR) is 84.9 cm³/mol. The molecule has 5 nitrogen and oxygen atoms in total. The molecule has 0 atom stereocenters. The topological polar surface area (TPSA) is 66.5 Å². The monoisotopic (exact) mass is 340 g/mol. The zero-order valence-electron chi connectivity index (χ0n) is 13.1. The number of carbonyl (C=O) groups is 1. The molecule has 23 heavy (non-hydrogen) atoms. The number of carbonyl (C=O) groups excluding carboxylic acids is 1. The molecule has 0 spiro atoms. The lowest BCUT2D eigenvalue weighted by Gasteiger charge is -2.34. The molecule has 0 aromatic heterocycles. The fraction of sp³-hybridized carbons (Fsp3) is 0.562. The normalized spacial score (nSPS) is 21.2. The Labute approximate surface area is 135 Å². The van der Waals surface area contributed by atoms with E-state index in [1.54, 1.807) is 12.1 Å². The van der Waals surface area contributed by atoms with Gasteiger partial charge in [-0.15, -0.1) is 0 Å². The highest BCUT2D eigenvalue weighted by Gasteiger charge is 2.53. The Morgan fingerprint density at radius 2 is 1.78 bits per heavy atom. The van der Waals surface area contributed by atoms with Gasteiger partial charge in [0.1, 0.15) is 5.82 Å². The number of hydrogen-bond donors (Lipinski definition) is 1. The van der Waals surface area contributed by atoms with E-state index in [4.69, 9.17) is 0 Å². The molecule has 1 saturated heterocycles. The van der Waals surface area contributed by atoms with Crippen LogP contribution in [0.2, 0.25) is 0 Å². The fourth-order valence-electron chi connectivity index (χ4n) is 3.33. The summed E-state index contributed by atoms with van der Waals surface area (Å²) in [5, 5.41) is 0. The van der Waals surface area contributed by atoms with Gasteiger partial charge in [0.05, 0.1) is 11.7 Å². The van der Waals surface area contributed by atoms with E-state index in [2.05, 4.69) is 4.72 Å². The van der Waals surface area contributed by atoms with Crippen molar-refractivity contribution in [2.75, 3.05) is 19.3 Å². The molecule has 1 aromatic rings. The Hall–Kier alpha value is -1.47. The van der Waals surface area contributed by atoms with E-state index < -0.39 is 15.4 Å². The van der Waals surface area contributed by atoms with Crippen LogP contribution in [-0.2, 0) is 20.2 Å². The standard InChI is InChI=1S/C16H21FN2O3S/c1-23(21,22)18-14-6-10-19(11-7-14)15(20)16(8-9-16)12-2-4-13(17)5-3-12/h2-5,14,18H,6-11H2,1H3. The molecule has 0 unspecified atom stereocenters. The van der Waals surface area contributed by atoms with Crippen molar-refractivity contribution in [2.24, 2.45) is 0 Å². The summed E-state index contributed by atoms with van der Waals surface area (Å²) in [6.07, 6.45) is 3.98. The van der Waals surface area contributed by atoms with Gasteiger partial charge in [0.2, 0.25) is 15.9 Å². The zero-order valence-corrected chi connectivity index (χ0v) is 13.9. The quantitative estimate of drug-likeness (QED) is 0.901. The predicted octanol–water partition coefficient (Wildman–Crippen LogP) is 1.40. The number of piperidine rings is 1. The average Bonchev–Trinajstić information content (AvgIpc) is 3.28. The van der Waals surface area contributed by atoms with Crippen molar-refractivity contribution in [1.82, 2.24) is 9.62 Å². The summed E-state index contributed by atoms with van der Waals surface area (Å²) < 4.78 is 38.2. The second kappa shape index (κ2) is 5.87. The number of likely N-dealkylation sites (tertiary alicyclic amines) is 1. The Bertz CT molecular complexity index is 691. The highest BCUT2D eigenvalue weighted by molar-refractivity contribution is 7.88. The van der Waals surface area contributed by atoms with Crippen molar-refractivity contribution in [1.29, 1.82) is 0 Å². The van der Waals surface area contributed by atoms with E-state index in [1.807, 2.05) is 4.90 Å². The Kier molecular flexibility index (Phi) is 4.18. The van der Waals surface area contributed by atoms with E-state index >= 15 is 0 Å². The third kappa shape index (κ3) is 3.55. The number of halogens is 1. The van der Waals surface area contributed by atoms with Crippen molar-refractivity contribution in [2.45, 2.75) is 37.1 Å². The van der Waals surface area contributed by atoms with Crippen LogP contribution >= 0.6 is 0 Å². The van der Waals surface area contributed by atoms with Gasteiger partial charge >= 0.3 is 0 Å². The first-order valence-corrected chi connectivity index (χ1v) is 9.72. The van der Waals surface area contributed by atoms with Gasteiger partial charge < -0.3 is 4.90 Å². The van der Waals surface area contributed by atoms with Crippen LogP contribution in [0.1, 0.15) is 31.2 Å². The van der Waals surface area contributed by atoms with Crippen LogP contribution in [0.3, 0.4) is 0 Å². The molecule has 0 bridgehead atoms. The molecule has 1 amide bonds. The SMILES string of the molecule is CS(=O)(=O)NC1CCN(C(=O)C2(c3ccc(F)cc3)CC2)CC1. The van der Waals surface area contributed by atoms with E-state index in [0.717, 1.165) is 24.7 Å². The molecule has 7 heteroatoms. The third-order valence-corrected chi connectivity index (χ3v) is 5.48. The van der Waals surface area contributed by atoms with Gasteiger partial charge in [-0.05, 0) is 43.4 Å². The van der Waals surface area contributed by atoms with Crippen LogP contribution in [0.5, 0.6) is 0 Å². The lowest BCUT2D eigenvalue weighted by molar-refractivity contribution is -0.135. The van der Waals surface area contributed by atoms with Gasteiger partial charge in [-0.25, -0.2) is 17.5 Å². The highest BCUT2D eigenvalue weighted by Crippen LogP contribution is 2.49. The van der Waals surface area contributed by atoms with Crippen LogP contribution in [-0.4, -0.2) is 44.6 Å². The number of amides is 1. The van der Waals surface area contributed by atoms with E-state index in [1.165, 1.54) is 12.1 Å². The summed E-state index contributed by atoms with van der Waals surface area (Å²) in [5.74, 6) is -0.216. The summed E-state index contributed by atoms with van der Waals surface area (Å²) in [6, 6.07) is 6.07. The molecule has 1 aromatic carbocycles. The molecule has 3 rings (SSSR count). The summed E-state index contributed by atoms with van der Waals surface area (Å²) in [7, 11) is -3.21. The molecular formula is C16H21FN2O3S. The molecule has 1 heterocycles. The minimum Gasteiger partial charge on any atom is -0.342 e. The average molecular weight is 340 g/mol. The number of rotatable bonds is 4. The van der Waals surface area contributed by atoms with Crippen LogP contribution in [0.15, 0.2) is 24.3 Å². The van der Waals surface area contributed by atoms with Crippen molar-refractivity contribution in [3.8, 4) is 0 Å². The molecule has 1 saturated carbocycles. The summed E-state index contributed by atoms with van der Waals surface area (Å²) in [4.78, 5) is 14.7. The number of benzene rings is 1. The van der Waals surface area contributed by atoms with E-state index in [-0.39, 0.29) is 17.8 Å². The maximum absolute atomic E-state index is 13.1. The molecular weight excluding hydrogens is 319 g/mol. The zero-order chi connectivity index (χ0) is 16.7. The highest BCUT2D eigenvalue weighted by atomic mass is 32.2. The van der Waals surface area contributed by atoms with Gasteiger partial charge in [0, 0.05) is 19.1 Å². The van der Waals surface area contributed by atoms with Gasteiger partial charge in [-0.3, -0.25) is 4.79 Å².